The summed E-state index contributed by atoms with van der Waals surface area (Å²) in [6, 6.07) is 2.37. The molecule has 2 aromatic rings. The third kappa shape index (κ3) is 6.29. The number of nitrogens with zero attached hydrogens (tertiary/aromatic N) is 4. The standard InChI is InChI=1S/C27H34F2N4O4/c1-35-21-16-30-27(31-17-21)33-5-2-18(3-6-33)22-12-19(22)4-9-37-20-13-24(28)23(25(29)14-20)15-26(34)32-7-10-36-11-8-32/h13-14,16-19,22H,2-12,15H2,1H3/t19?,22-/m1/s1. The first kappa shape index (κ1) is 25.6. The number of carbonyl (C=O) groups excluding carboxylic acids is 1. The molecule has 0 bridgehead atoms. The second-order valence-electron chi connectivity index (χ2n) is 10.1. The van der Waals surface area contributed by atoms with Gasteiger partial charge in [-0.3, -0.25) is 4.79 Å². The summed E-state index contributed by atoms with van der Waals surface area (Å²) in [5.74, 6) is 1.75. The molecule has 3 fully saturated rings. The van der Waals surface area contributed by atoms with Gasteiger partial charge in [-0.2, -0.15) is 0 Å². The Hall–Kier alpha value is -3.01. The number of halogens is 2. The van der Waals surface area contributed by atoms with E-state index in [-0.39, 0.29) is 23.6 Å². The highest BCUT2D eigenvalue weighted by molar-refractivity contribution is 5.79. The van der Waals surface area contributed by atoms with E-state index < -0.39 is 11.6 Å². The first-order valence-electron chi connectivity index (χ1n) is 13.1. The Kier molecular flexibility index (Phi) is 8.02. The summed E-state index contributed by atoms with van der Waals surface area (Å²) in [5, 5.41) is 0. The van der Waals surface area contributed by atoms with Crippen LogP contribution in [0.15, 0.2) is 24.5 Å². The van der Waals surface area contributed by atoms with Crippen LogP contribution in [0.4, 0.5) is 14.7 Å². The summed E-state index contributed by atoms with van der Waals surface area (Å²) in [6.45, 7) is 4.09. The van der Waals surface area contributed by atoms with Crippen molar-refractivity contribution in [2.75, 3.05) is 58.0 Å². The Bertz CT molecular complexity index is 1050. The lowest BCUT2D eigenvalue weighted by Gasteiger charge is -2.32. The van der Waals surface area contributed by atoms with Gasteiger partial charge in [-0.05, 0) is 43.4 Å². The van der Waals surface area contributed by atoms with E-state index >= 15 is 0 Å². The van der Waals surface area contributed by atoms with Crippen LogP contribution in [0.25, 0.3) is 0 Å². The molecule has 10 heteroatoms. The van der Waals surface area contributed by atoms with Crippen LogP contribution < -0.4 is 14.4 Å². The number of aromatic nitrogens is 2. The number of piperidine rings is 1. The number of benzene rings is 1. The van der Waals surface area contributed by atoms with E-state index in [2.05, 4.69) is 14.9 Å². The van der Waals surface area contributed by atoms with E-state index in [0.29, 0.717) is 56.4 Å². The lowest BCUT2D eigenvalue weighted by molar-refractivity contribution is -0.134. The van der Waals surface area contributed by atoms with E-state index in [1.54, 1.807) is 24.4 Å². The fraction of sp³-hybridized carbons (Fsp3) is 0.593. The Labute approximate surface area is 215 Å². The van der Waals surface area contributed by atoms with Gasteiger partial charge in [0.15, 0.2) is 5.75 Å². The van der Waals surface area contributed by atoms with Crippen molar-refractivity contribution in [1.29, 1.82) is 0 Å². The van der Waals surface area contributed by atoms with Crippen molar-refractivity contribution < 1.29 is 27.8 Å². The topological polar surface area (TPSA) is 77.0 Å². The van der Waals surface area contributed by atoms with Gasteiger partial charge in [0.2, 0.25) is 11.9 Å². The third-order valence-corrected chi connectivity index (χ3v) is 7.82. The van der Waals surface area contributed by atoms with Crippen molar-refractivity contribution in [1.82, 2.24) is 14.9 Å². The molecule has 1 aliphatic carbocycles. The van der Waals surface area contributed by atoms with Crippen molar-refractivity contribution in [2.45, 2.75) is 32.1 Å². The number of hydrogen-bond acceptors (Lipinski definition) is 7. The molecule has 2 atom stereocenters. The molecule has 5 rings (SSSR count). The number of hydrogen-bond donors (Lipinski definition) is 0. The second kappa shape index (κ2) is 11.6. The van der Waals surface area contributed by atoms with Gasteiger partial charge in [0.25, 0.3) is 0 Å². The Morgan fingerprint density at radius 1 is 1.05 bits per heavy atom. The maximum Gasteiger partial charge on any atom is 0.227 e. The van der Waals surface area contributed by atoms with E-state index in [1.807, 2.05) is 0 Å². The van der Waals surface area contributed by atoms with Crippen LogP contribution in [-0.2, 0) is 16.0 Å². The second-order valence-corrected chi connectivity index (χ2v) is 10.1. The molecular weight excluding hydrogens is 482 g/mol. The minimum absolute atomic E-state index is 0.169. The molecule has 0 spiro atoms. The summed E-state index contributed by atoms with van der Waals surface area (Å²) in [6.07, 6.45) is 7.36. The van der Waals surface area contributed by atoms with Crippen LogP contribution >= 0.6 is 0 Å². The molecule has 1 aromatic carbocycles. The van der Waals surface area contributed by atoms with Crippen LogP contribution in [0.5, 0.6) is 11.5 Å². The van der Waals surface area contributed by atoms with Gasteiger partial charge in [0, 0.05) is 43.9 Å². The van der Waals surface area contributed by atoms with Crippen molar-refractivity contribution in [3.8, 4) is 11.5 Å². The van der Waals surface area contributed by atoms with E-state index in [4.69, 9.17) is 14.2 Å². The normalized spacial score (nSPS) is 22.1. The Morgan fingerprint density at radius 2 is 1.73 bits per heavy atom. The maximum atomic E-state index is 14.6. The van der Waals surface area contributed by atoms with Gasteiger partial charge in [0.05, 0.1) is 45.7 Å². The van der Waals surface area contributed by atoms with Gasteiger partial charge < -0.3 is 24.0 Å². The molecule has 3 aliphatic rings. The molecule has 2 aliphatic heterocycles. The third-order valence-electron chi connectivity index (χ3n) is 7.82. The van der Waals surface area contributed by atoms with E-state index in [9.17, 15) is 13.6 Å². The zero-order valence-corrected chi connectivity index (χ0v) is 21.2. The monoisotopic (exact) mass is 516 g/mol. The molecule has 1 unspecified atom stereocenters. The number of morpholine rings is 1. The highest BCUT2D eigenvalue weighted by atomic mass is 19.1. The van der Waals surface area contributed by atoms with Crippen molar-refractivity contribution in [2.24, 2.45) is 17.8 Å². The number of amides is 1. The zero-order valence-electron chi connectivity index (χ0n) is 21.2. The number of ether oxygens (including phenoxy) is 3. The average molecular weight is 517 g/mol. The molecule has 0 radical (unpaired) electrons. The Balaban J connectivity index is 1.04. The SMILES string of the molecule is COc1cnc(N2CCC([C@H]3CC3CCOc3cc(F)c(CC(=O)N4CCOCC4)c(F)c3)CC2)nc1. The molecule has 3 heterocycles. The summed E-state index contributed by atoms with van der Waals surface area (Å²) < 4.78 is 45.2. The van der Waals surface area contributed by atoms with Crippen LogP contribution in [0, 0.1) is 29.4 Å². The first-order chi connectivity index (χ1) is 18.0. The molecule has 8 nitrogen and oxygen atoms in total. The van der Waals surface area contributed by atoms with Crippen LogP contribution in [-0.4, -0.2) is 73.9 Å². The minimum Gasteiger partial charge on any atom is -0.494 e. The van der Waals surface area contributed by atoms with Gasteiger partial charge >= 0.3 is 0 Å². The Morgan fingerprint density at radius 3 is 2.38 bits per heavy atom. The summed E-state index contributed by atoms with van der Waals surface area (Å²) in [4.78, 5) is 25.0. The largest absolute Gasteiger partial charge is 0.494 e. The summed E-state index contributed by atoms with van der Waals surface area (Å²) in [5.41, 5.74) is -0.211. The molecule has 1 saturated carbocycles. The number of anilines is 1. The molecular formula is C27H34F2N4O4. The number of rotatable bonds is 9. The van der Waals surface area contributed by atoms with Crippen molar-refractivity contribution in [3.05, 3.63) is 41.7 Å². The summed E-state index contributed by atoms with van der Waals surface area (Å²) in [7, 11) is 1.60. The van der Waals surface area contributed by atoms with Gasteiger partial charge in [0.1, 0.15) is 17.4 Å². The highest BCUT2D eigenvalue weighted by Gasteiger charge is 2.43. The first-order valence-corrected chi connectivity index (χ1v) is 13.1. The van der Waals surface area contributed by atoms with Gasteiger partial charge in [-0.1, -0.05) is 0 Å². The zero-order chi connectivity index (χ0) is 25.8. The van der Waals surface area contributed by atoms with E-state index in [1.165, 1.54) is 18.6 Å². The number of methoxy groups -OCH3 is 1. The van der Waals surface area contributed by atoms with Crippen LogP contribution in [0.1, 0.15) is 31.2 Å². The van der Waals surface area contributed by atoms with Crippen molar-refractivity contribution in [3.63, 3.8) is 0 Å². The molecule has 200 valence electrons. The van der Waals surface area contributed by atoms with E-state index in [0.717, 1.165) is 38.3 Å². The van der Waals surface area contributed by atoms with Crippen molar-refractivity contribution >= 4 is 11.9 Å². The molecule has 0 N–H and O–H groups in total. The lowest BCUT2D eigenvalue weighted by atomic mass is 9.90. The molecule has 1 aromatic heterocycles. The minimum atomic E-state index is -0.742. The fourth-order valence-corrected chi connectivity index (χ4v) is 5.52. The molecule has 1 amide bonds. The smallest absolute Gasteiger partial charge is 0.227 e. The predicted molar refractivity (Wildman–Crippen MR) is 133 cm³/mol. The number of carbonyl (C=O) groups is 1. The molecule has 2 saturated heterocycles. The maximum absolute atomic E-state index is 14.6. The van der Waals surface area contributed by atoms with Crippen LogP contribution in [0.3, 0.4) is 0 Å². The fourth-order valence-electron chi connectivity index (χ4n) is 5.52. The lowest BCUT2D eigenvalue weighted by Crippen LogP contribution is -2.41. The predicted octanol–water partition coefficient (Wildman–Crippen LogP) is 3.49. The average Bonchev–Trinajstić information content (AvgIpc) is 3.71. The van der Waals surface area contributed by atoms with Gasteiger partial charge in [-0.15, -0.1) is 0 Å². The summed E-state index contributed by atoms with van der Waals surface area (Å²) >= 11 is 0. The highest BCUT2D eigenvalue weighted by Crippen LogP contribution is 2.49. The molecule has 37 heavy (non-hydrogen) atoms. The quantitative estimate of drug-likeness (QED) is 0.505. The van der Waals surface area contributed by atoms with Crippen LogP contribution in [0.2, 0.25) is 0 Å². The van der Waals surface area contributed by atoms with Gasteiger partial charge in [-0.25, -0.2) is 18.7 Å².